The second kappa shape index (κ2) is 6.38. The molecule has 0 saturated heterocycles. The highest BCUT2D eigenvalue weighted by molar-refractivity contribution is 5.89. The maximum atomic E-state index is 11.1. The number of carbonyl (C=O) groups is 1. The number of rotatable bonds is 4. The van der Waals surface area contributed by atoms with Crippen molar-refractivity contribution in [3.63, 3.8) is 0 Å². The van der Waals surface area contributed by atoms with Crippen LogP contribution in [0.2, 0.25) is 0 Å². The van der Waals surface area contributed by atoms with Crippen LogP contribution < -0.4 is 16.0 Å². The Hall–Kier alpha value is -2.70. The average molecular weight is 300 g/mol. The molecule has 0 aliphatic carbocycles. The number of amides is 1. The standard InChI is InChI=1S/C15H20N6O/c1-10(22)17-11-6-5-7-12(8-11)18-14-19-13(9-16-21-14)20-15(2,3)4/h5-9H,1-4H3,(H,17,22)(H2,18,19,20,21). The first kappa shape index (κ1) is 15.7. The molecule has 2 rings (SSSR count). The van der Waals surface area contributed by atoms with Crippen LogP contribution in [-0.4, -0.2) is 26.6 Å². The predicted molar refractivity (Wildman–Crippen MR) is 87.2 cm³/mol. The summed E-state index contributed by atoms with van der Waals surface area (Å²) in [6.45, 7) is 7.59. The lowest BCUT2D eigenvalue weighted by Gasteiger charge is -2.20. The van der Waals surface area contributed by atoms with E-state index in [9.17, 15) is 4.79 Å². The van der Waals surface area contributed by atoms with Gasteiger partial charge in [-0.05, 0) is 39.0 Å². The minimum atomic E-state index is -0.119. The van der Waals surface area contributed by atoms with Gasteiger partial charge in [-0.15, -0.1) is 5.10 Å². The van der Waals surface area contributed by atoms with Crippen molar-refractivity contribution < 1.29 is 4.79 Å². The minimum Gasteiger partial charge on any atom is -0.364 e. The van der Waals surface area contributed by atoms with Crippen LogP contribution >= 0.6 is 0 Å². The van der Waals surface area contributed by atoms with E-state index in [2.05, 4.69) is 31.1 Å². The summed E-state index contributed by atoms with van der Waals surface area (Å²) in [4.78, 5) is 15.4. The molecule has 0 saturated carbocycles. The lowest BCUT2D eigenvalue weighted by molar-refractivity contribution is -0.114. The molecule has 3 N–H and O–H groups in total. The van der Waals surface area contributed by atoms with Crippen LogP contribution in [0, 0.1) is 0 Å². The van der Waals surface area contributed by atoms with Crippen molar-refractivity contribution in [1.82, 2.24) is 15.2 Å². The molecule has 1 heterocycles. The zero-order valence-electron chi connectivity index (χ0n) is 13.1. The van der Waals surface area contributed by atoms with Gasteiger partial charge in [-0.1, -0.05) is 6.07 Å². The van der Waals surface area contributed by atoms with Crippen LogP contribution in [0.4, 0.5) is 23.1 Å². The normalized spacial score (nSPS) is 10.9. The largest absolute Gasteiger partial charge is 0.364 e. The van der Waals surface area contributed by atoms with Gasteiger partial charge in [0.15, 0.2) is 5.82 Å². The van der Waals surface area contributed by atoms with Crippen LogP contribution in [0.15, 0.2) is 30.5 Å². The fourth-order valence-electron chi connectivity index (χ4n) is 1.81. The molecule has 2 aromatic rings. The summed E-state index contributed by atoms with van der Waals surface area (Å²) in [5.41, 5.74) is 1.36. The summed E-state index contributed by atoms with van der Waals surface area (Å²) in [5.74, 6) is 0.906. The van der Waals surface area contributed by atoms with Crippen molar-refractivity contribution in [1.29, 1.82) is 0 Å². The van der Waals surface area contributed by atoms with Crippen LogP contribution in [-0.2, 0) is 4.79 Å². The van der Waals surface area contributed by atoms with Crippen LogP contribution in [0.5, 0.6) is 0 Å². The Balaban J connectivity index is 2.13. The van der Waals surface area contributed by atoms with Crippen molar-refractivity contribution in [2.24, 2.45) is 0 Å². The Bertz CT molecular complexity index is 665. The van der Waals surface area contributed by atoms with E-state index in [1.165, 1.54) is 6.92 Å². The van der Waals surface area contributed by atoms with Gasteiger partial charge in [0.25, 0.3) is 0 Å². The van der Waals surface area contributed by atoms with Crippen molar-refractivity contribution in [3.8, 4) is 0 Å². The van der Waals surface area contributed by atoms with Gasteiger partial charge in [0.05, 0.1) is 6.20 Å². The Labute approximate surface area is 129 Å². The predicted octanol–water partition coefficient (Wildman–Crippen LogP) is 2.78. The van der Waals surface area contributed by atoms with E-state index in [-0.39, 0.29) is 11.4 Å². The second-order valence-corrected chi connectivity index (χ2v) is 5.93. The van der Waals surface area contributed by atoms with Crippen molar-refractivity contribution in [2.45, 2.75) is 33.2 Å². The zero-order chi connectivity index (χ0) is 16.2. The number of aromatic nitrogens is 3. The van der Waals surface area contributed by atoms with Gasteiger partial charge in [-0.25, -0.2) is 0 Å². The fraction of sp³-hybridized carbons (Fsp3) is 0.333. The number of benzene rings is 1. The third-order valence-electron chi connectivity index (χ3n) is 2.50. The van der Waals surface area contributed by atoms with Gasteiger partial charge in [-0.3, -0.25) is 4.79 Å². The lowest BCUT2D eigenvalue weighted by atomic mass is 10.1. The highest BCUT2D eigenvalue weighted by Gasteiger charge is 2.11. The Morgan fingerprint density at radius 1 is 1.18 bits per heavy atom. The summed E-state index contributed by atoms with van der Waals surface area (Å²) in [7, 11) is 0. The highest BCUT2D eigenvalue weighted by atomic mass is 16.1. The van der Waals surface area contributed by atoms with Gasteiger partial charge in [0, 0.05) is 23.8 Å². The molecule has 116 valence electrons. The molecule has 0 atom stereocenters. The summed E-state index contributed by atoms with van der Waals surface area (Å²) in [5, 5.41) is 16.9. The summed E-state index contributed by atoms with van der Waals surface area (Å²) >= 11 is 0. The van der Waals surface area contributed by atoms with Crippen molar-refractivity contribution >= 4 is 29.0 Å². The quantitative estimate of drug-likeness (QED) is 0.804. The van der Waals surface area contributed by atoms with E-state index in [0.29, 0.717) is 17.5 Å². The molecule has 0 unspecified atom stereocenters. The monoisotopic (exact) mass is 300 g/mol. The topological polar surface area (TPSA) is 91.8 Å². The molecule has 7 heteroatoms. The van der Waals surface area contributed by atoms with Gasteiger partial charge in [0.1, 0.15) is 0 Å². The summed E-state index contributed by atoms with van der Waals surface area (Å²) < 4.78 is 0. The first-order chi connectivity index (χ1) is 10.3. The molecule has 0 bridgehead atoms. The second-order valence-electron chi connectivity index (χ2n) is 5.93. The number of hydrogen-bond acceptors (Lipinski definition) is 6. The fourth-order valence-corrected chi connectivity index (χ4v) is 1.81. The van der Waals surface area contributed by atoms with E-state index in [4.69, 9.17) is 0 Å². The maximum Gasteiger partial charge on any atom is 0.249 e. The number of nitrogens with zero attached hydrogens (tertiary/aromatic N) is 3. The van der Waals surface area contributed by atoms with Gasteiger partial charge in [-0.2, -0.15) is 10.1 Å². The Morgan fingerprint density at radius 3 is 2.59 bits per heavy atom. The van der Waals surface area contributed by atoms with Crippen LogP contribution in [0.3, 0.4) is 0 Å². The van der Waals surface area contributed by atoms with E-state index in [1.54, 1.807) is 12.3 Å². The SMILES string of the molecule is CC(=O)Nc1cccc(Nc2nncc(NC(C)(C)C)n2)c1. The molecule has 0 fully saturated rings. The Kier molecular flexibility index (Phi) is 4.55. The molecular formula is C15H20N6O. The molecule has 0 aliphatic rings. The van der Waals surface area contributed by atoms with Gasteiger partial charge < -0.3 is 16.0 Å². The third-order valence-corrected chi connectivity index (χ3v) is 2.50. The first-order valence-electron chi connectivity index (χ1n) is 6.94. The van der Waals surface area contributed by atoms with Crippen molar-refractivity contribution in [2.75, 3.05) is 16.0 Å². The van der Waals surface area contributed by atoms with Crippen molar-refractivity contribution in [3.05, 3.63) is 30.5 Å². The molecule has 0 radical (unpaired) electrons. The number of nitrogens with one attached hydrogen (secondary N) is 3. The van der Waals surface area contributed by atoms with Crippen LogP contribution in [0.1, 0.15) is 27.7 Å². The molecule has 22 heavy (non-hydrogen) atoms. The number of anilines is 4. The third kappa shape index (κ3) is 5.01. The molecule has 1 amide bonds. The summed E-state index contributed by atoms with van der Waals surface area (Å²) in [6.07, 6.45) is 1.57. The lowest BCUT2D eigenvalue weighted by Crippen LogP contribution is -2.27. The van der Waals surface area contributed by atoms with E-state index in [1.807, 2.05) is 39.0 Å². The summed E-state index contributed by atoms with van der Waals surface area (Å²) in [6, 6.07) is 7.30. The minimum absolute atomic E-state index is 0.112. The molecule has 0 aliphatic heterocycles. The van der Waals surface area contributed by atoms with E-state index in [0.717, 1.165) is 5.69 Å². The Morgan fingerprint density at radius 2 is 1.91 bits per heavy atom. The highest BCUT2D eigenvalue weighted by Crippen LogP contribution is 2.19. The molecule has 7 nitrogen and oxygen atoms in total. The molecule has 1 aromatic heterocycles. The van der Waals surface area contributed by atoms with Gasteiger partial charge in [0.2, 0.25) is 11.9 Å². The number of carbonyl (C=O) groups excluding carboxylic acids is 1. The van der Waals surface area contributed by atoms with E-state index < -0.39 is 0 Å². The number of hydrogen-bond donors (Lipinski definition) is 3. The van der Waals surface area contributed by atoms with E-state index >= 15 is 0 Å². The van der Waals surface area contributed by atoms with Crippen LogP contribution in [0.25, 0.3) is 0 Å². The smallest absolute Gasteiger partial charge is 0.249 e. The zero-order valence-corrected chi connectivity index (χ0v) is 13.1. The van der Waals surface area contributed by atoms with Gasteiger partial charge >= 0.3 is 0 Å². The first-order valence-corrected chi connectivity index (χ1v) is 6.94. The average Bonchev–Trinajstić information content (AvgIpc) is 2.36. The molecule has 0 spiro atoms. The molecule has 1 aromatic carbocycles. The maximum absolute atomic E-state index is 11.1. The molecular weight excluding hydrogens is 280 g/mol.